The first-order valence-corrected chi connectivity index (χ1v) is 6.43. The zero-order valence-electron chi connectivity index (χ0n) is 11.4. The summed E-state index contributed by atoms with van der Waals surface area (Å²) in [4.78, 5) is 8.88. The van der Waals surface area contributed by atoms with Gasteiger partial charge in [0.15, 0.2) is 0 Å². The highest BCUT2D eigenvalue weighted by Crippen LogP contribution is 2.13. The fourth-order valence-electron chi connectivity index (χ4n) is 1.53. The smallest absolute Gasteiger partial charge is 0.223 e. The first kappa shape index (κ1) is 13.9. The average Bonchev–Trinajstić information content (AvgIpc) is 2.28. The molecule has 1 aromatic rings. The maximum Gasteiger partial charge on any atom is 0.223 e. The number of aryl methyl sites for hydroxylation is 1. The fourth-order valence-corrected chi connectivity index (χ4v) is 1.53. The van der Waals surface area contributed by atoms with Crippen molar-refractivity contribution in [3.05, 3.63) is 17.5 Å². The van der Waals surface area contributed by atoms with Crippen LogP contribution in [-0.2, 0) is 0 Å². The molecule has 1 heterocycles. The van der Waals surface area contributed by atoms with Crippen LogP contribution in [0.4, 0.5) is 5.95 Å². The predicted octanol–water partition coefficient (Wildman–Crippen LogP) is 2.32. The van der Waals surface area contributed by atoms with Crippen LogP contribution in [0.2, 0.25) is 0 Å². The van der Waals surface area contributed by atoms with Gasteiger partial charge in [-0.2, -0.15) is 0 Å². The molecule has 0 saturated carbocycles. The minimum Gasteiger partial charge on any atom is -0.353 e. The maximum atomic E-state index is 4.50. The third-order valence-electron chi connectivity index (χ3n) is 2.48. The number of nitrogens with zero attached hydrogens (tertiary/aromatic N) is 2. The molecule has 17 heavy (non-hydrogen) atoms. The molecule has 0 spiro atoms. The van der Waals surface area contributed by atoms with Crippen molar-refractivity contribution in [3.8, 4) is 0 Å². The molecule has 0 aliphatic heterocycles. The van der Waals surface area contributed by atoms with Crippen LogP contribution in [0, 0.1) is 6.92 Å². The number of rotatable bonds is 7. The Bertz CT molecular complexity index is 336. The van der Waals surface area contributed by atoms with Crippen molar-refractivity contribution in [2.75, 3.05) is 25.0 Å². The molecule has 96 valence electrons. The summed E-state index contributed by atoms with van der Waals surface area (Å²) >= 11 is 0. The second-order valence-corrected chi connectivity index (χ2v) is 4.59. The van der Waals surface area contributed by atoms with Crippen molar-refractivity contribution in [2.45, 2.75) is 40.0 Å². The highest BCUT2D eigenvalue weighted by molar-refractivity contribution is 5.29. The summed E-state index contributed by atoms with van der Waals surface area (Å²) < 4.78 is 0. The Hall–Kier alpha value is -1.16. The normalized spacial score (nSPS) is 10.9. The molecule has 0 unspecified atom stereocenters. The van der Waals surface area contributed by atoms with E-state index in [2.05, 4.69) is 41.4 Å². The molecule has 1 aromatic heterocycles. The van der Waals surface area contributed by atoms with Crippen LogP contribution in [0.15, 0.2) is 6.07 Å². The van der Waals surface area contributed by atoms with E-state index in [1.54, 1.807) is 0 Å². The molecule has 0 amide bonds. The second-order valence-electron chi connectivity index (χ2n) is 4.59. The Morgan fingerprint density at radius 2 is 1.94 bits per heavy atom. The van der Waals surface area contributed by atoms with E-state index in [0.717, 1.165) is 37.0 Å². The van der Waals surface area contributed by atoms with E-state index in [9.17, 15) is 0 Å². The first-order chi connectivity index (χ1) is 8.13. The van der Waals surface area contributed by atoms with Crippen LogP contribution in [0.3, 0.4) is 0 Å². The van der Waals surface area contributed by atoms with Gasteiger partial charge in [-0.05, 0) is 31.9 Å². The monoisotopic (exact) mass is 236 g/mol. The lowest BCUT2D eigenvalue weighted by atomic mass is 10.1. The van der Waals surface area contributed by atoms with Gasteiger partial charge >= 0.3 is 0 Å². The number of hydrogen-bond acceptors (Lipinski definition) is 4. The molecule has 4 nitrogen and oxygen atoms in total. The molecule has 0 atom stereocenters. The minimum atomic E-state index is 0.440. The third kappa shape index (κ3) is 5.13. The van der Waals surface area contributed by atoms with E-state index in [1.165, 1.54) is 6.42 Å². The van der Waals surface area contributed by atoms with Crippen LogP contribution in [0.25, 0.3) is 0 Å². The lowest BCUT2D eigenvalue weighted by Gasteiger charge is -2.10. The lowest BCUT2D eigenvalue weighted by Crippen LogP contribution is -2.23. The Morgan fingerprint density at radius 1 is 1.18 bits per heavy atom. The molecule has 1 rings (SSSR count). The molecule has 0 bridgehead atoms. The van der Waals surface area contributed by atoms with Crippen LogP contribution >= 0.6 is 0 Å². The van der Waals surface area contributed by atoms with Crippen LogP contribution in [0.1, 0.15) is 44.5 Å². The van der Waals surface area contributed by atoms with E-state index in [0.29, 0.717) is 5.92 Å². The van der Waals surface area contributed by atoms with E-state index >= 15 is 0 Å². The first-order valence-electron chi connectivity index (χ1n) is 6.43. The molecule has 4 heteroatoms. The number of aromatic nitrogens is 2. The zero-order chi connectivity index (χ0) is 12.7. The van der Waals surface area contributed by atoms with Crippen LogP contribution in [0.5, 0.6) is 0 Å². The van der Waals surface area contributed by atoms with Gasteiger partial charge in [0.1, 0.15) is 0 Å². The van der Waals surface area contributed by atoms with Crippen molar-refractivity contribution in [1.82, 2.24) is 15.3 Å². The summed E-state index contributed by atoms with van der Waals surface area (Å²) in [5.41, 5.74) is 2.12. The van der Waals surface area contributed by atoms with Gasteiger partial charge in [0, 0.05) is 24.5 Å². The molecule has 0 saturated heterocycles. The van der Waals surface area contributed by atoms with Gasteiger partial charge in [0.2, 0.25) is 5.95 Å². The molecular weight excluding hydrogens is 212 g/mol. The van der Waals surface area contributed by atoms with Gasteiger partial charge in [-0.25, -0.2) is 9.97 Å². The largest absolute Gasteiger partial charge is 0.353 e. The van der Waals surface area contributed by atoms with Gasteiger partial charge in [-0.15, -0.1) is 0 Å². The highest BCUT2D eigenvalue weighted by atomic mass is 15.1. The Kier molecular flexibility index (Phi) is 5.91. The van der Waals surface area contributed by atoms with Gasteiger partial charge in [-0.1, -0.05) is 20.8 Å². The van der Waals surface area contributed by atoms with Gasteiger partial charge < -0.3 is 10.6 Å². The standard InChI is InChI=1S/C13H24N4/c1-5-6-14-7-8-15-13-16-11(4)9-12(17-13)10(2)3/h9-10,14H,5-8H2,1-4H3,(H,15,16,17). The molecule has 0 aliphatic carbocycles. The molecular formula is C13H24N4. The van der Waals surface area contributed by atoms with Crippen LogP contribution in [-0.4, -0.2) is 29.6 Å². The van der Waals surface area contributed by atoms with Gasteiger partial charge in [-0.3, -0.25) is 0 Å². The zero-order valence-corrected chi connectivity index (χ0v) is 11.4. The molecule has 2 N–H and O–H groups in total. The topological polar surface area (TPSA) is 49.8 Å². The van der Waals surface area contributed by atoms with Crippen LogP contribution < -0.4 is 10.6 Å². The van der Waals surface area contributed by atoms with E-state index < -0.39 is 0 Å². The third-order valence-corrected chi connectivity index (χ3v) is 2.48. The van der Waals surface area contributed by atoms with E-state index in [4.69, 9.17) is 0 Å². The predicted molar refractivity (Wildman–Crippen MR) is 72.5 cm³/mol. The minimum absolute atomic E-state index is 0.440. The quantitative estimate of drug-likeness (QED) is 0.713. The molecule has 0 aromatic carbocycles. The van der Waals surface area contributed by atoms with Crippen molar-refractivity contribution >= 4 is 5.95 Å². The van der Waals surface area contributed by atoms with E-state index in [1.807, 2.05) is 13.0 Å². The lowest BCUT2D eigenvalue weighted by molar-refractivity contribution is 0.685. The summed E-state index contributed by atoms with van der Waals surface area (Å²) in [6.45, 7) is 11.3. The number of hydrogen-bond donors (Lipinski definition) is 2. The Morgan fingerprint density at radius 3 is 2.59 bits per heavy atom. The van der Waals surface area contributed by atoms with Crippen molar-refractivity contribution in [2.24, 2.45) is 0 Å². The molecule has 0 fully saturated rings. The van der Waals surface area contributed by atoms with Crippen molar-refractivity contribution in [3.63, 3.8) is 0 Å². The Labute approximate surface area is 104 Å². The summed E-state index contributed by atoms with van der Waals surface area (Å²) in [6, 6.07) is 2.05. The van der Waals surface area contributed by atoms with Gasteiger partial charge in [0.25, 0.3) is 0 Å². The Balaban J connectivity index is 2.47. The van der Waals surface area contributed by atoms with E-state index in [-0.39, 0.29) is 0 Å². The summed E-state index contributed by atoms with van der Waals surface area (Å²) in [7, 11) is 0. The molecule has 0 aliphatic rings. The van der Waals surface area contributed by atoms with Crippen molar-refractivity contribution < 1.29 is 0 Å². The maximum absolute atomic E-state index is 4.50. The fraction of sp³-hybridized carbons (Fsp3) is 0.692. The number of nitrogens with one attached hydrogen (secondary N) is 2. The number of anilines is 1. The highest BCUT2D eigenvalue weighted by Gasteiger charge is 2.04. The van der Waals surface area contributed by atoms with Crippen molar-refractivity contribution in [1.29, 1.82) is 0 Å². The summed E-state index contributed by atoms with van der Waals surface area (Å²) in [6.07, 6.45) is 1.17. The second kappa shape index (κ2) is 7.22. The average molecular weight is 236 g/mol. The summed E-state index contributed by atoms with van der Waals surface area (Å²) in [5.74, 6) is 1.18. The SMILES string of the molecule is CCCNCCNc1nc(C)cc(C(C)C)n1. The molecule has 0 radical (unpaired) electrons. The van der Waals surface area contributed by atoms with Gasteiger partial charge in [0.05, 0.1) is 0 Å². The summed E-state index contributed by atoms with van der Waals surface area (Å²) in [5, 5.41) is 6.59.